The van der Waals surface area contributed by atoms with Crippen LogP contribution in [0.1, 0.15) is 24.2 Å². The van der Waals surface area contributed by atoms with Gasteiger partial charge in [0.2, 0.25) is 0 Å². The number of fused-ring (bicyclic) bond motifs is 1. The normalized spacial score (nSPS) is 15.7. The third-order valence-corrected chi connectivity index (χ3v) is 2.94. The lowest BCUT2D eigenvalue weighted by molar-refractivity contribution is 0.646. The van der Waals surface area contributed by atoms with Crippen molar-refractivity contribution in [2.75, 3.05) is 0 Å². The van der Waals surface area contributed by atoms with Crippen LogP contribution in [0.25, 0.3) is 0 Å². The van der Waals surface area contributed by atoms with Crippen LogP contribution < -0.4 is 0 Å². The van der Waals surface area contributed by atoms with E-state index in [4.69, 9.17) is 24.4 Å². The molecule has 2 nitrogen and oxygen atoms in total. The lowest BCUT2D eigenvalue weighted by atomic mass is 10.0. The van der Waals surface area contributed by atoms with E-state index in [0.717, 1.165) is 12.8 Å². The molecule has 0 unspecified atom stereocenters. The predicted octanol–water partition coefficient (Wildman–Crippen LogP) is 2.68. The Hall–Kier alpha value is -0.480. The van der Waals surface area contributed by atoms with Gasteiger partial charge in [-0.1, -0.05) is 24.4 Å². The number of hydrogen-bond donors (Lipinski definition) is 2. The molecular formula is C8H10N2S2. The van der Waals surface area contributed by atoms with Crippen LogP contribution in [0, 0.1) is 9.28 Å². The summed E-state index contributed by atoms with van der Waals surface area (Å²) in [5.74, 6) is 0. The molecule has 1 aromatic rings. The fourth-order valence-electron chi connectivity index (χ4n) is 1.57. The summed E-state index contributed by atoms with van der Waals surface area (Å²) < 4.78 is 1.34. The first-order chi connectivity index (χ1) is 5.77. The number of rotatable bonds is 0. The summed E-state index contributed by atoms with van der Waals surface area (Å²) in [6.07, 6.45) is 4.71. The van der Waals surface area contributed by atoms with Crippen molar-refractivity contribution in [3.63, 3.8) is 0 Å². The zero-order valence-electron chi connectivity index (χ0n) is 6.64. The second-order valence-corrected chi connectivity index (χ2v) is 3.89. The summed E-state index contributed by atoms with van der Waals surface area (Å²) >= 11 is 10.1. The van der Waals surface area contributed by atoms with E-state index in [1.54, 1.807) is 0 Å². The van der Waals surface area contributed by atoms with Crippen molar-refractivity contribution in [1.29, 1.82) is 0 Å². The van der Waals surface area contributed by atoms with Gasteiger partial charge in [0.05, 0.1) is 0 Å². The average molecular weight is 198 g/mol. The smallest absolute Gasteiger partial charge is 0.138 e. The molecule has 0 saturated heterocycles. The van der Waals surface area contributed by atoms with E-state index >= 15 is 0 Å². The summed E-state index contributed by atoms with van der Waals surface area (Å²) in [6, 6.07) is 0. The third-order valence-electron chi connectivity index (χ3n) is 2.20. The fourth-order valence-corrected chi connectivity index (χ4v) is 1.92. The Balaban J connectivity index is 2.64. The van der Waals surface area contributed by atoms with Crippen molar-refractivity contribution in [3.8, 4) is 0 Å². The molecule has 1 heterocycles. The standard InChI is InChI=1S/C8H10N2S2/c11-7-8(12)10-6-4-2-1-3-5(6)9-7/h1-4H2,(H,9,11)(H,10,12). The molecular weight excluding hydrogens is 188 g/mol. The van der Waals surface area contributed by atoms with Crippen LogP contribution in [0.2, 0.25) is 0 Å². The summed E-state index contributed by atoms with van der Waals surface area (Å²) in [6.45, 7) is 0. The van der Waals surface area contributed by atoms with E-state index in [1.807, 2.05) is 0 Å². The van der Waals surface area contributed by atoms with Gasteiger partial charge in [-0.2, -0.15) is 0 Å². The Kier molecular flexibility index (Phi) is 2.11. The van der Waals surface area contributed by atoms with Crippen LogP contribution in [0.5, 0.6) is 0 Å². The molecule has 0 amide bonds. The Labute approximate surface area is 81.0 Å². The van der Waals surface area contributed by atoms with Gasteiger partial charge in [-0.25, -0.2) is 0 Å². The monoisotopic (exact) mass is 198 g/mol. The number of H-pyrrole nitrogens is 2. The minimum absolute atomic E-state index is 0.672. The van der Waals surface area contributed by atoms with Gasteiger partial charge in [-0.15, -0.1) is 0 Å². The van der Waals surface area contributed by atoms with Gasteiger partial charge < -0.3 is 9.97 Å². The first kappa shape index (κ1) is 8.13. The highest BCUT2D eigenvalue weighted by atomic mass is 32.1. The molecule has 1 aliphatic carbocycles. The molecule has 2 rings (SSSR count). The van der Waals surface area contributed by atoms with Crippen LogP contribution in [-0.4, -0.2) is 9.97 Å². The minimum Gasteiger partial charge on any atom is -0.346 e. The number of aromatic nitrogens is 2. The number of aromatic amines is 2. The van der Waals surface area contributed by atoms with Crippen molar-refractivity contribution in [3.05, 3.63) is 20.7 Å². The Morgan fingerprint density at radius 3 is 1.67 bits per heavy atom. The van der Waals surface area contributed by atoms with Crippen molar-refractivity contribution < 1.29 is 0 Å². The van der Waals surface area contributed by atoms with E-state index in [-0.39, 0.29) is 0 Å². The van der Waals surface area contributed by atoms with Gasteiger partial charge >= 0.3 is 0 Å². The largest absolute Gasteiger partial charge is 0.346 e. The lowest BCUT2D eigenvalue weighted by Crippen LogP contribution is -2.08. The first-order valence-corrected chi connectivity index (χ1v) is 4.93. The molecule has 2 N–H and O–H groups in total. The number of hydrogen-bond acceptors (Lipinski definition) is 2. The van der Waals surface area contributed by atoms with Crippen molar-refractivity contribution in [1.82, 2.24) is 9.97 Å². The third kappa shape index (κ3) is 1.36. The molecule has 64 valence electrons. The van der Waals surface area contributed by atoms with Crippen molar-refractivity contribution in [2.24, 2.45) is 0 Å². The summed E-state index contributed by atoms with van der Waals surface area (Å²) in [5, 5.41) is 0. The number of nitrogens with one attached hydrogen (secondary N) is 2. The number of aryl methyl sites for hydroxylation is 2. The topological polar surface area (TPSA) is 31.6 Å². The molecule has 0 atom stereocenters. The van der Waals surface area contributed by atoms with E-state index in [9.17, 15) is 0 Å². The molecule has 12 heavy (non-hydrogen) atoms. The Morgan fingerprint density at radius 1 is 0.833 bits per heavy atom. The van der Waals surface area contributed by atoms with E-state index in [2.05, 4.69) is 9.97 Å². The molecule has 0 aliphatic heterocycles. The van der Waals surface area contributed by atoms with Crippen LogP contribution in [0.4, 0.5) is 0 Å². The van der Waals surface area contributed by atoms with Crippen molar-refractivity contribution in [2.45, 2.75) is 25.7 Å². The van der Waals surface area contributed by atoms with Gasteiger partial charge in [0.1, 0.15) is 9.28 Å². The zero-order valence-corrected chi connectivity index (χ0v) is 8.28. The molecule has 0 radical (unpaired) electrons. The summed E-state index contributed by atoms with van der Waals surface area (Å²) in [5.41, 5.74) is 2.50. The van der Waals surface area contributed by atoms with Crippen LogP contribution in [0.15, 0.2) is 0 Å². The lowest BCUT2D eigenvalue weighted by Gasteiger charge is -2.14. The molecule has 4 heteroatoms. The zero-order chi connectivity index (χ0) is 8.55. The highest BCUT2D eigenvalue weighted by Gasteiger charge is 2.09. The Bertz CT molecular complexity index is 363. The van der Waals surface area contributed by atoms with Crippen LogP contribution >= 0.6 is 24.4 Å². The molecule has 0 fully saturated rings. The molecule has 0 bridgehead atoms. The fraction of sp³-hybridized carbons (Fsp3) is 0.500. The second kappa shape index (κ2) is 3.11. The summed E-state index contributed by atoms with van der Waals surface area (Å²) in [7, 11) is 0. The second-order valence-electron chi connectivity index (χ2n) is 3.07. The molecule has 1 aromatic heterocycles. The maximum absolute atomic E-state index is 5.05. The van der Waals surface area contributed by atoms with Crippen LogP contribution in [-0.2, 0) is 12.8 Å². The highest BCUT2D eigenvalue weighted by Crippen LogP contribution is 2.16. The quantitative estimate of drug-likeness (QED) is 0.628. The molecule has 0 aromatic carbocycles. The maximum atomic E-state index is 5.05. The summed E-state index contributed by atoms with van der Waals surface area (Å²) in [4.78, 5) is 6.35. The SMILES string of the molecule is S=c1[nH]c2c([nH]c1=S)CCCC2. The van der Waals surface area contributed by atoms with E-state index in [1.165, 1.54) is 24.2 Å². The van der Waals surface area contributed by atoms with Gasteiger partial charge in [0, 0.05) is 11.4 Å². The van der Waals surface area contributed by atoms with Gasteiger partial charge in [0.15, 0.2) is 0 Å². The van der Waals surface area contributed by atoms with Gasteiger partial charge in [-0.05, 0) is 25.7 Å². The average Bonchev–Trinajstić information content (AvgIpc) is 2.07. The maximum Gasteiger partial charge on any atom is 0.138 e. The Morgan fingerprint density at radius 2 is 1.25 bits per heavy atom. The molecule has 0 spiro atoms. The molecule has 0 saturated carbocycles. The van der Waals surface area contributed by atoms with Gasteiger partial charge in [-0.3, -0.25) is 0 Å². The van der Waals surface area contributed by atoms with E-state index in [0.29, 0.717) is 9.28 Å². The first-order valence-electron chi connectivity index (χ1n) is 4.12. The van der Waals surface area contributed by atoms with Gasteiger partial charge in [0.25, 0.3) is 0 Å². The minimum atomic E-state index is 0.672. The predicted molar refractivity (Wildman–Crippen MR) is 53.5 cm³/mol. The van der Waals surface area contributed by atoms with Crippen LogP contribution in [0.3, 0.4) is 0 Å². The van der Waals surface area contributed by atoms with E-state index < -0.39 is 0 Å². The molecule has 1 aliphatic rings. The highest BCUT2D eigenvalue weighted by molar-refractivity contribution is 7.73. The van der Waals surface area contributed by atoms with Crippen molar-refractivity contribution >= 4 is 24.4 Å².